The Balaban J connectivity index is 2.20. The smallest absolute Gasteiger partial charge is 0.221 e. The Labute approximate surface area is 105 Å². The standard InChI is InChI=1S/C12H16N4O2/c1-6(2)17-5-7-3-8-10(14)9(4-13)11(15)16-12(8)18-7/h6-7H,3,5H2,1-2H3,(H4,14,15,16). The minimum Gasteiger partial charge on any atom is -0.471 e. The van der Waals surface area contributed by atoms with Crippen LogP contribution in [0.4, 0.5) is 11.5 Å². The van der Waals surface area contributed by atoms with E-state index in [9.17, 15) is 0 Å². The number of hydrogen-bond donors (Lipinski definition) is 2. The normalized spacial score (nSPS) is 17.3. The molecule has 96 valence electrons. The number of nitriles is 1. The molecule has 1 aliphatic rings. The first-order valence-corrected chi connectivity index (χ1v) is 5.79. The molecule has 0 radical (unpaired) electrons. The van der Waals surface area contributed by atoms with E-state index in [0.29, 0.717) is 24.6 Å². The van der Waals surface area contributed by atoms with Crippen molar-refractivity contribution in [2.45, 2.75) is 32.5 Å². The summed E-state index contributed by atoms with van der Waals surface area (Å²) in [5.74, 6) is 0.528. The second-order valence-corrected chi connectivity index (χ2v) is 4.51. The van der Waals surface area contributed by atoms with Gasteiger partial charge in [-0.15, -0.1) is 0 Å². The Morgan fingerprint density at radius 2 is 2.28 bits per heavy atom. The Morgan fingerprint density at radius 3 is 2.89 bits per heavy atom. The topological polar surface area (TPSA) is 107 Å². The van der Waals surface area contributed by atoms with Crippen molar-refractivity contribution >= 4 is 11.5 Å². The van der Waals surface area contributed by atoms with E-state index in [1.807, 2.05) is 19.9 Å². The first-order chi connectivity index (χ1) is 8.52. The van der Waals surface area contributed by atoms with Gasteiger partial charge in [-0.05, 0) is 13.8 Å². The van der Waals surface area contributed by atoms with Gasteiger partial charge in [0.05, 0.1) is 18.4 Å². The summed E-state index contributed by atoms with van der Waals surface area (Å²) < 4.78 is 11.1. The molecule has 18 heavy (non-hydrogen) atoms. The van der Waals surface area contributed by atoms with Gasteiger partial charge in [-0.2, -0.15) is 10.2 Å². The van der Waals surface area contributed by atoms with Gasteiger partial charge in [-0.3, -0.25) is 0 Å². The van der Waals surface area contributed by atoms with Crippen molar-refractivity contribution in [2.24, 2.45) is 0 Å². The number of nitrogens with zero attached hydrogens (tertiary/aromatic N) is 2. The lowest BCUT2D eigenvalue weighted by Crippen LogP contribution is -2.22. The highest BCUT2D eigenvalue weighted by molar-refractivity contribution is 5.71. The first kappa shape index (κ1) is 12.5. The minimum absolute atomic E-state index is 0.110. The fourth-order valence-electron chi connectivity index (χ4n) is 1.87. The average Bonchev–Trinajstić information content (AvgIpc) is 2.70. The Hall–Kier alpha value is -2.00. The monoisotopic (exact) mass is 248 g/mol. The van der Waals surface area contributed by atoms with Gasteiger partial charge >= 0.3 is 0 Å². The molecule has 1 aliphatic heterocycles. The highest BCUT2D eigenvalue weighted by Gasteiger charge is 2.29. The summed E-state index contributed by atoms with van der Waals surface area (Å²) in [5.41, 5.74) is 12.9. The number of aromatic nitrogens is 1. The maximum atomic E-state index is 8.96. The van der Waals surface area contributed by atoms with E-state index < -0.39 is 0 Å². The van der Waals surface area contributed by atoms with Crippen LogP contribution in [0.2, 0.25) is 0 Å². The summed E-state index contributed by atoms with van der Waals surface area (Å²) in [6, 6.07) is 1.96. The summed E-state index contributed by atoms with van der Waals surface area (Å²) in [7, 11) is 0. The van der Waals surface area contributed by atoms with Crippen molar-refractivity contribution < 1.29 is 9.47 Å². The van der Waals surface area contributed by atoms with Crippen molar-refractivity contribution in [3.8, 4) is 11.9 Å². The summed E-state index contributed by atoms with van der Waals surface area (Å²) in [6.07, 6.45) is 0.614. The third-order valence-electron chi connectivity index (χ3n) is 2.77. The lowest BCUT2D eigenvalue weighted by molar-refractivity contribution is 0.0231. The Bertz CT molecular complexity index is 508. The maximum absolute atomic E-state index is 8.96. The zero-order valence-corrected chi connectivity index (χ0v) is 10.4. The van der Waals surface area contributed by atoms with Crippen LogP contribution < -0.4 is 16.2 Å². The van der Waals surface area contributed by atoms with E-state index in [1.54, 1.807) is 0 Å². The van der Waals surface area contributed by atoms with Gasteiger partial charge in [0, 0.05) is 12.0 Å². The van der Waals surface area contributed by atoms with E-state index in [1.165, 1.54) is 0 Å². The number of fused-ring (bicyclic) bond motifs is 1. The number of rotatable bonds is 3. The van der Waals surface area contributed by atoms with E-state index in [0.717, 1.165) is 5.56 Å². The molecule has 0 saturated heterocycles. The van der Waals surface area contributed by atoms with Gasteiger partial charge in [-0.25, -0.2) is 0 Å². The van der Waals surface area contributed by atoms with Gasteiger partial charge in [0.2, 0.25) is 5.88 Å². The molecule has 0 amide bonds. The fourth-order valence-corrected chi connectivity index (χ4v) is 1.87. The van der Waals surface area contributed by atoms with Crippen LogP contribution in [0.15, 0.2) is 0 Å². The number of anilines is 2. The van der Waals surface area contributed by atoms with Crippen molar-refractivity contribution in [1.82, 2.24) is 4.98 Å². The molecule has 0 fully saturated rings. The van der Waals surface area contributed by atoms with Crippen molar-refractivity contribution in [2.75, 3.05) is 18.1 Å². The molecular formula is C12H16N4O2. The molecule has 6 heteroatoms. The van der Waals surface area contributed by atoms with Crippen LogP contribution in [-0.4, -0.2) is 23.8 Å². The SMILES string of the molecule is CC(C)OCC1Cc2c(nc(N)c(C#N)c2N)O1. The molecule has 0 aliphatic carbocycles. The summed E-state index contributed by atoms with van der Waals surface area (Å²) >= 11 is 0. The van der Waals surface area contributed by atoms with Crippen LogP contribution in [0.3, 0.4) is 0 Å². The fraction of sp³-hybridized carbons (Fsp3) is 0.500. The van der Waals surface area contributed by atoms with Gasteiger partial charge in [-0.1, -0.05) is 0 Å². The summed E-state index contributed by atoms with van der Waals surface area (Å²) in [6.45, 7) is 4.39. The second-order valence-electron chi connectivity index (χ2n) is 4.51. The van der Waals surface area contributed by atoms with Crippen molar-refractivity contribution in [3.05, 3.63) is 11.1 Å². The van der Waals surface area contributed by atoms with Gasteiger partial charge < -0.3 is 20.9 Å². The number of nitrogen functional groups attached to an aromatic ring is 2. The number of hydrogen-bond acceptors (Lipinski definition) is 6. The average molecular weight is 248 g/mol. The van der Waals surface area contributed by atoms with Gasteiger partial charge in [0.25, 0.3) is 0 Å². The molecule has 1 unspecified atom stereocenters. The molecule has 0 saturated carbocycles. The Morgan fingerprint density at radius 1 is 1.56 bits per heavy atom. The number of ether oxygens (including phenoxy) is 2. The van der Waals surface area contributed by atoms with Crippen LogP contribution in [-0.2, 0) is 11.2 Å². The number of pyridine rings is 1. The molecule has 2 rings (SSSR count). The van der Waals surface area contributed by atoms with E-state index in [2.05, 4.69) is 4.98 Å². The van der Waals surface area contributed by atoms with Crippen LogP contribution in [0.25, 0.3) is 0 Å². The lowest BCUT2D eigenvalue weighted by Gasteiger charge is -2.12. The van der Waals surface area contributed by atoms with E-state index >= 15 is 0 Å². The van der Waals surface area contributed by atoms with Crippen molar-refractivity contribution in [3.63, 3.8) is 0 Å². The second kappa shape index (κ2) is 4.70. The molecule has 0 bridgehead atoms. The molecular weight excluding hydrogens is 232 g/mol. The van der Waals surface area contributed by atoms with Crippen LogP contribution in [0, 0.1) is 11.3 Å². The third kappa shape index (κ3) is 2.17. The zero-order chi connectivity index (χ0) is 13.3. The molecule has 4 N–H and O–H groups in total. The molecule has 1 aromatic rings. The highest BCUT2D eigenvalue weighted by atomic mass is 16.5. The van der Waals surface area contributed by atoms with Crippen LogP contribution in [0.1, 0.15) is 25.0 Å². The molecule has 1 atom stereocenters. The largest absolute Gasteiger partial charge is 0.471 e. The molecule has 2 heterocycles. The predicted molar refractivity (Wildman–Crippen MR) is 67.0 cm³/mol. The quantitative estimate of drug-likeness (QED) is 0.821. The summed E-state index contributed by atoms with van der Waals surface area (Å²) in [4.78, 5) is 4.06. The van der Waals surface area contributed by atoms with Crippen LogP contribution in [0.5, 0.6) is 5.88 Å². The van der Waals surface area contributed by atoms with E-state index in [4.69, 9.17) is 26.2 Å². The van der Waals surface area contributed by atoms with Crippen LogP contribution >= 0.6 is 0 Å². The first-order valence-electron chi connectivity index (χ1n) is 5.79. The zero-order valence-electron chi connectivity index (χ0n) is 10.4. The van der Waals surface area contributed by atoms with Gasteiger partial charge in [0.1, 0.15) is 23.6 Å². The van der Waals surface area contributed by atoms with E-state index in [-0.39, 0.29) is 23.6 Å². The predicted octanol–water partition coefficient (Wildman–Crippen LogP) is 0.846. The lowest BCUT2D eigenvalue weighted by atomic mass is 10.1. The summed E-state index contributed by atoms with van der Waals surface area (Å²) in [5, 5.41) is 8.96. The highest BCUT2D eigenvalue weighted by Crippen LogP contribution is 2.35. The Kier molecular flexibility index (Phi) is 3.26. The molecule has 1 aromatic heterocycles. The van der Waals surface area contributed by atoms with Gasteiger partial charge in [0.15, 0.2) is 0 Å². The maximum Gasteiger partial charge on any atom is 0.221 e. The van der Waals surface area contributed by atoms with Crippen molar-refractivity contribution in [1.29, 1.82) is 5.26 Å². The molecule has 0 spiro atoms. The molecule has 6 nitrogen and oxygen atoms in total. The minimum atomic E-state index is -0.120. The third-order valence-corrected chi connectivity index (χ3v) is 2.77. The number of nitrogens with two attached hydrogens (primary N) is 2. The molecule has 0 aromatic carbocycles.